The van der Waals surface area contributed by atoms with Gasteiger partial charge in [-0.05, 0) is 19.4 Å². The smallest absolute Gasteiger partial charge is 0.161 e. The lowest BCUT2D eigenvalue weighted by Crippen LogP contribution is -2.17. The maximum Gasteiger partial charge on any atom is 0.161 e. The highest BCUT2D eigenvalue weighted by molar-refractivity contribution is 6.37. The minimum absolute atomic E-state index is 0.313. The lowest BCUT2D eigenvalue weighted by Gasteiger charge is -2.16. The summed E-state index contributed by atoms with van der Waals surface area (Å²) in [6.45, 7) is 4.30. The Labute approximate surface area is 118 Å². The molecule has 1 atom stereocenters. The molecule has 0 aliphatic rings. The summed E-state index contributed by atoms with van der Waals surface area (Å²) < 4.78 is 0. The fourth-order valence-corrected chi connectivity index (χ4v) is 2.14. The Morgan fingerprint density at radius 3 is 2.56 bits per heavy atom. The molecule has 1 aromatic rings. The molecule has 0 radical (unpaired) electrons. The Balaban J connectivity index is 2.65. The summed E-state index contributed by atoms with van der Waals surface area (Å²) in [6.07, 6.45) is 4.73. The maximum atomic E-state index is 6.09. The van der Waals surface area contributed by atoms with Crippen molar-refractivity contribution in [1.29, 1.82) is 0 Å². The number of nitrogen functional groups attached to an aromatic ring is 1. The van der Waals surface area contributed by atoms with E-state index in [-0.39, 0.29) is 0 Å². The molecule has 0 fully saturated rings. The number of hydrazine groups is 1. The standard InChI is InChI=1S/C12H20Cl2N4/c1-3-4-5-6-8(2)16-11-9(13)7-10(14)12(17-11)18-15/h7-8H,3-6,15H2,1-2H3,(H2,16,17,18). The first-order chi connectivity index (χ1) is 8.58. The van der Waals surface area contributed by atoms with E-state index in [1.807, 2.05) is 0 Å². The van der Waals surface area contributed by atoms with Crippen LogP contribution in [0.1, 0.15) is 39.5 Å². The zero-order valence-corrected chi connectivity index (χ0v) is 12.3. The minimum atomic E-state index is 0.313. The van der Waals surface area contributed by atoms with Crippen LogP contribution in [0.15, 0.2) is 6.07 Å². The van der Waals surface area contributed by atoms with Gasteiger partial charge in [-0.25, -0.2) is 10.8 Å². The van der Waals surface area contributed by atoms with Crippen LogP contribution in [0, 0.1) is 0 Å². The van der Waals surface area contributed by atoms with E-state index in [1.54, 1.807) is 6.07 Å². The first-order valence-corrected chi connectivity index (χ1v) is 6.93. The third kappa shape index (κ3) is 4.52. The predicted octanol–water partition coefficient (Wildman–Crippen LogP) is 4.05. The van der Waals surface area contributed by atoms with Gasteiger partial charge in [0.1, 0.15) is 5.82 Å². The van der Waals surface area contributed by atoms with Gasteiger partial charge in [-0.3, -0.25) is 0 Å². The van der Waals surface area contributed by atoms with Crippen LogP contribution in [0.2, 0.25) is 10.0 Å². The van der Waals surface area contributed by atoms with E-state index >= 15 is 0 Å². The number of aromatic nitrogens is 1. The molecular weight excluding hydrogens is 271 g/mol. The van der Waals surface area contributed by atoms with Gasteiger partial charge in [0.05, 0.1) is 10.0 Å². The van der Waals surface area contributed by atoms with Crippen LogP contribution >= 0.6 is 23.2 Å². The molecule has 1 rings (SSSR count). The van der Waals surface area contributed by atoms with Crippen molar-refractivity contribution in [2.45, 2.75) is 45.6 Å². The largest absolute Gasteiger partial charge is 0.366 e. The number of hydrogen-bond acceptors (Lipinski definition) is 4. The van der Waals surface area contributed by atoms with Crippen LogP contribution in [-0.4, -0.2) is 11.0 Å². The Hall–Kier alpha value is -0.710. The van der Waals surface area contributed by atoms with Crippen LogP contribution in [0.25, 0.3) is 0 Å². The van der Waals surface area contributed by atoms with Gasteiger partial charge in [0, 0.05) is 6.04 Å². The normalized spacial score (nSPS) is 12.3. The van der Waals surface area contributed by atoms with Crippen molar-refractivity contribution >= 4 is 34.8 Å². The van der Waals surface area contributed by atoms with Gasteiger partial charge in [0.25, 0.3) is 0 Å². The Bertz CT molecular complexity index is 385. The van der Waals surface area contributed by atoms with Crippen molar-refractivity contribution in [1.82, 2.24) is 4.98 Å². The molecular formula is C12H20Cl2N4. The first-order valence-electron chi connectivity index (χ1n) is 6.17. The second kappa shape index (κ2) is 7.67. The molecule has 4 N–H and O–H groups in total. The van der Waals surface area contributed by atoms with Crippen LogP contribution in [0.5, 0.6) is 0 Å². The van der Waals surface area contributed by atoms with E-state index in [2.05, 4.69) is 29.6 Å². The number of pyridine rings is 1. The maximum absolute atomic E-state index is 6.09. The highest BCUT2D eigenvalue weighted by Crippen LogP contribution is 2.29. The summed E-state index contributed by atoms with van der Waals surface area (Å²) in [7, 11) is 0. The Kier molecular flexibility index (Phi) is 6.54. The summed E-state index contributed by atoms with van der Waals surface area (Å²) in [5, 5.41) is 4.18. The average molecular weight is 291 g/mol. The number of rotatable bonds is 7. The molecule has 0 aromatic carbocycles. The Morgan fingerprint density at radius 2 is 1.94 bits per heavy atom. The van der Waals surface area contributed by atoms with Gasteiger partial charge in [-0.15, -0.1) is 0 Å². The number of anilines is 2. The van der Waals surface area contributed by atoms with Gasteiger partial charge < -0.3 is 10.7 Å². The van der Waals surface area contributed by atoms with E-state index in [0.29, 0.717) is 27.7 Å². The number of unbranched alkanes of at least 4 members (excludes halogenated alkanes) is 2. The molecule has 6 heteroatoms. The van der Waals surface area contributed by atoms with E-state index in [9.17, 15) is 0 Å². The topological polar surface area (TPSA) is 63.0 Å². The highest BCUT2D eigenvalue weighted by Gasteiger charge is 2.10. The molecule has 0 bridgehead atoms. The highest BCUT2D eigenvalue weighted by atomic mass is 35.5. The molecule has 18 heavy (non-hydrogen) atoms. The zero-order valence-electron chi connectivity index (χ0n) is 10.8. The molecule has 0 spiro atoms. The lowest BCUT2D eigenvalue weighted by molar-refractivity contribution is 0.614. The minimum Gasteiger partial charge on any atom is -0.366 e. The summed E-state index contributed by atoms with van der Waals surface area (Å²) in [4.78, 5) is 4.25. The fraction of sp³-hybridized carbons (Fsp3) is 0.583. The van der Waals surface area contributed by atoms with Gasteiger partial charge in [0.2, 0.25) is 0 Å². The van der Waals surface area contributed by atoms with E-state index < -0.39 is 0 Å². The summed E-state index contributed by atoms with van der Waals surface area (Å²) in [5.41, 5.74) is 2.45. The van der Waals surface area contributed by atoms with Crippen LogP contribution < -0.4 is 16.6 Å². The van der Waals surface area contributed by atoms with Gasteiger partial charge in [0.15, 0.2) is 5.82 Å². The van der Waals surface area contributed by atoms with Crippen molar-refractivity contribution in [3.63, 3.8) is 0 Å². The number of nitrogens with one attached hydrogen (secondary N) is 2. The SMILES string of the molecule is CCCCCC(C)Nc1nc(NN)c(Cl)cc1Cl. The second-order valence-corrected chi connectivity index (χ2v) is 5.15. The summed E-state index contributed by atoms with van der Waals surface area (Å²) in [5.74, 6) is 6.36. The molecule has 0 aliphatic heterocycles. The number of halogens is 2. The number of hydrogen-bond donors (Lipinski definition) is 3. The lowest BCUT2D eigenvalue weighted by atomic mass is 10.1. The fourth-order valence-electron chi connectivity index (χ4n) is 1.68. The number of nitrogens with two attached hydrogens (primary N) is 1. The van der Waals surface area contributed by atoms with Crippen molar-refractivity contribution in [3.05, 3.63) is 16.1 Å². The van der Waals surface area contributed by atoms with Gasteiger partial charge >= 0.3 is 0 Å². The van der Waals surface area contributed by atoms with Gasteiger partial charge in [-0.2, -0.15) is 0 Å². The van der Waals surface area contributed by atoms with E-state index in [0.717, 1.165) is 6.42 Å². The second-order valence-electron chi connectivity index (χ2n) is 4.33. The Morgan fingerprint density at radius 1 is 1.28 bits per heavy atom. The molecule has 0 saturated heterocycles. The van der Waals surface area contributed by atoms with Crippen molar-refractivity contribution < 1.29 is 0 Å². The molecule has 1 aromatic heterocycles. The van der Waals surface area contributed by atoms with Crippen LogP contribution in [-0.2, 0) is 0 Å². The molecule has 102 valence electrons. The van der Waals surface area contributed by atoms with Crippen LogP contribution in [0.4, 0.5) is 11.6 Å². The summed E-state index contributed by atoms with van der Waals surface area (Å²) in [6, 6.07) is 1.94. The quantitative estimate of drug-likeness (QED) is 0.403. The third-order valence-corrected chi connectivity index (χ3v) is 3.27. The first kappa shape index (κ1) is 15.3. The van der Waals surface area contributed by atoms with Crippen molar-refractivity contribution in [3.8, 4) is 0 Å². The molecule has 1 unspecified atom stereocenters. The van der Waals surface area contributed by atoms with E-state index in [1.165, 1.54) is 19.3 Å². The molecule has 0 saturated carbocycles. The molecule has 0 aliphatic carbocycles. The predicted molar refractivity (Wildman–Crippen MR) is 79.3 cm³/mol. The van der Waals surface area contributed by atoms with Crippen molar-refractivity contribution in [2.75, 3.05) is 10.7 Å². The van der Waals surface area contributed by atoms with Crippen LogP contribution in [0.3, 0.4) is 0 Å². The molecule has 1 heterocycles. The monoisotopic (exact) mass is 290 g/mol. The average Bonchev–Trinajstić information content (AvgIpc) is 2.33. The zero-order chi connectivity index (χ0) is 13.5. The number of nitrogens with zero attached hydrogens (tertiary/aromatic N) is 1. The molecule has 4 nitrogen and oxygen atoms in total. The van der Waals surface area contributed by atoms with Gasteiger partial charge in [-0.1, -0.05) is 49.4 Å². The third-order valence-electron chi connectivity index (χ3n) is 2.69. The van der Waals surface area contributed by atoms with E-state index in [4.69, 9.17) is 29.0 Å². The summed E-state index contributed by atoms with van der Waals surface area (Å²) >= 11 is 12.0. The van der Waals surface area contributed by atoms with Crippen molar-refractivity contribution in [2.24, 2.45) is 5.84 Å². The molecule has 0 amide bonds.